The first-order chi connectivity index (χ1) is 7.50. The molecule has 0 atom stereocenters. The van der Waals surface area contributed by atoms with Gasteiger partial charge in [-0.1, -0.05) is 6.92 Å². The maximum atomic E-state index is 12.8. The van der Waals surface area contributed by atoms with Crippen LogP contribution in [0, 0.1) is 11.2 Å². The van der Waals surface area contributed by atoms with Crippen molar-refractivity contribution in [2.45, 2.75) is 19.8 Å². The lowest BCUT2D eigenvalue weighted by Crippen LogP contribution is -2.29. The Morgan fingerprint density at radius 2 is 2.25 bits per heavy atom. The molecule has 3 N–H and O–H groups in total. The van der Waals surface area contributed by atoms with Gasteiger partial charge in [-0.2, -0.15) is 0 Å². The summed E-state index contributed by atoms with van der Waals surface area (Å²) in [6.45, 7) is 2.78. The molecule has 0 saturated heterocycles. The Hall–Kier alpha value is -1.58. The molecule has 0 spiro atoms. The topological polar surface area (TPSA) is 55.1 Å². The summed E-state index contributed by atoms with van der Waals surface area (Å²) in [4.78, 5) is 11.7. The van der Waals surface area contributed by atoms with Crippen LogP contribution in [0.5, 0.6) is 0 Å². The van der Waals surface area contributed by atoms with Crippen LogP contribution < -0.4 is 11.1 Å². The van der Waals surface area contributed by atoms with Gasteiger partial charge >= 0.3 is 0 Å². The number of nitrogens with two attached hydrogens (primary N) is 1. The van der Waals surface area contributed by atoms with Gasteiger partial charge in [0.05, 0.1) is 5.56 Å². The van der Waals surface area contributed by atoms with E-state index in [9.17, 15) is 9.18 Å². The van der Waals surface area contributed by atoms with Crippen LogP contribution >= 0.6 is 0 Å². The third-order valence-electron chi connectivity index (χ3n) is 3.04. The molecule has 0 radical (unpaired) electrons. The highest BCUT2D eigenvalue weighted by atomic mass is 19.1. The van der Waals surface area contributed by atoms with Crippen molar-refractivity contribution in [1.29, 1.82) is 0 Å². The molecule has 0 heterocycles. The minimum Gasteiger partial charge on any atom is -0.398 e. The van der Waals surface area contributed by atoms with Crippen molar-refractivity contribution in [1.82, 2.24) is 5.32 Å². The highest BCUT2D eigenvalue weighted by Crippen LogP contribution is 2.44. The number of benzene rings is 1. The van der Waals surface area contributed by atoms with Gasteiger partial charge in [0.2, 0.25) is 0 Å². The van der Waals surface area contributed by atoms with E-state index in [0.29, 0.717) is 12.1 Å². The highest BCUT2D eigenvalue weighted by molar-refractivity contribution is 5.99. The first kappa shape index (κ1) is 10.9. The molecule has 3 nitrogen and oxygen atoms in total. The Morgan fingerprint density at radius 3 is 2.81 bits per heavy atom. The van der Waals surface area contributed by atoms with Crippen molar-refractivity contribution < 1.29 is 9.18 Å². The molecule has 16 heavy (non-hydrogen) atoms. The van der Waals surface area contributed by atoms with Crippen LogP contribution in [-0.4, -0.2) is 12.5 Å². The number of hydrogen-bond donors (Lipinski definition) is 2. The number of rotatable bonds is 3. The second kappa shape index (κ2) is 3.77. The summed E-state index contributed by atoms with van der Waals surface area (Å²) in [5.41, 5.74) is 6.35. The molecule has 0 aliphatic heterocycles. The number of nitrogen functional groups attached to an aromatic ring is 1. The summed E-state index contributed by atoms with van der Waals surface area (Å²) in [5.74, 6) is -0.658. The first-order valence-electron chi connectivity index (χ1n) is 5.33. The smallest absolute Gasteiger partial charge is 0.253 e. The summed E-state index contributed by atoms with van der Waals surface area (Å²) in [7, 11) is 0. The Labute approximate surface area is 93.8 Å². The van der Waals surface area contributed by atoms with Gasteiger partial charge in [0.25, 0.3) is 5.91 Å². The molecule has 1 fully saturated rings. The molecule has 86 valence electrons. The third-order valence-corrected chi connectivity index (χ3v) is 3.04. The Kier molecular flexibility index (Phi) is 2.58. The SMILES string of the molecule is CC1(CNC(=O)c2ccc(F)cc2N)CC1. The Bertz CT molecular complexity index is 427. The van der Waals surface area contributed by atoms with Crippen molar-refractivity contribution >= 4 is 11.6 Å². The van der Waals surface area contributed by atoms with Crippen LogP contribution in [0.1, 0.15) is 30.1 Å². The zero-order valence-electron chi connectivity index (χ0n) is 9.22. The van der Waals surface area contributed by atoms with Gasteiger partial charge in [-0.15, -0.1) is 0 Å². The molecule has 0 bridgehead atoms. The van der Waals surface area contributed by atoms with Crippen LogP contribution in [0.4, 0.5) is 10.1 Å². The third kappa shape index (κ3) is 2.32. The number of halogens is 1. The maximum Gasteiger partial charge on any atom is 0.253 e. The van der Waals surface area contributed by atoms with E-state index in [1.54, 1.807) is 0 Å². The second-order valence-electron chi connectivity index (χ2n) is 4.72. The van der Waals surface area contributed by atoms with Crippen molar-refractivity contribution in [3.63, 3.8) is 0 Å². The molecule has 0 unspecified atom stereocenters. The standard InChI is InChI=1S/C12H15FN2O/c1-12(4-5-12)7-15-11(16)9-3-2-8(13)6-10(9)14/h2-3,6H,4-5,7,14H2,1H3,(H,15,16). The van der Waals surface area contributed by atoms with E-state index < -0.39 is 5.82 Å². The van der Waals surface area contributed by atoms with Crippen LogP contribution in [0.3, 0.4) is 0 Å². The molecule has 1 aromatic rings. The normalized spacial score (nSPS) is 16.9. The number of anilines is 1. The fraction of sp³-hybridized carbons (Fsp3) is 0.417. The van der Waals surface area contributed by atoms with Crippen LogP contribution in [0.15, 0.2) is 18.2 Å². The molecule has 1 saturated carbocycles. The molecule has 2 rings (SSSR count). The van der Waals surface area contributed by atoms with Crippen LogP contribution in [0.25, 0.3) is 0 Å². The van der Waals surface area contributed by atoms with E-state index in [4.69, 9.17) is 5.73 Å². The summed E-state index contributed by atoms with van der Waals surface area (Å²) >= 11 is 0. The van der Waals surface area contributed by atoms with E-state index in [0.717, 1.165) is 18.9 Å². The summed E-state index contributed by atoms with van der Waals surface area (Å²) in [6, 6.07) is 3.81. The van der Waals surface area contributed by atoms with Crippen LogP contribution in [0.2, 0.25) is 0 Å². The van der Waals surface area contributed by atoms with Crippen molar-refractivity contribution in [3.8, 4) is 0 Å². The molecular weight excluding hydrogens is 207 g/mol. The Morgan fingerprint density at radius 1 is 1.56 bits per heavy atom. The van der Waals surface area contributed by atoms with Gasteiger partial charge < -0.3 is 11.1 Å². The molecular formula is C12H15FN2O. The zero-order valence-corrected chi connectivity index (χ0v) is 9.22. The zero-order chi connectivity index (χ0) is 11.8. The lowest BCUT2D eigenvalue weighted by molar-refractivity contribution is 0.0947. The summed E-state index contributed by atoms with van der Waals surface area (Å²) < 4.78 is 12.8. The maximum absolute atomic E-state index is 12.8. The quantitative estimate of drug-likeness (QED) is 0.768. The summed E-state index contributed by atoms with van der Waals surface area (Å²) in [5, 5.41) is 2.82. The number of amides is 1. The van der Waals surface area contributed by atoms with Gasteiger partial charge in [0.15, 0.2) is 0 Å². The Balaban J connectivity index is 2.02. The van der Waals surface area contributed by atoms with E-state index in [1.165, 1.54) is 12.1 Å². The molecule has 1 aliphatic rings. The number of nitrogens with one attached hydrogen (secondary N) is 1. The summed E-state index contributed by atoms with van der Waals surface area (Å²) in [6.07, 6.45) is 2.29. The molecule has 4 heteroatoms. The molecule has 1 amide bonds. The lowest BCUT2D eigenvalue weighted by Gasteiger charge is -2.11. The predicted molar refractivity (Wildman–Crippen MR) is 60.5 cm³/mol. The minimum atomic E-state index is -0.428. The van der Waals surface area contributed by atoms with Crippen LogP contribution in [-0.2, 0) is 0 Å². The highest BCUT2D eigenvalue weighted by Gasteiger charge is 2.37. The van der Waals surface area contributed by atoms with E-state index in [1.807, 2.05) is 0 Å². The monoisotopic (exact) mass is 222 g/mol. The largest absolute Gasteiger partial charge is 0.398 e. The van der Waals surface area contributed by atoms with Gasteiger partial charge in [-0.25, -0.2) is 4.39 Å². The molecule has 1 aliphatic carbocycles. The molecule has 0 aromatic heterocycles. The van der Waals surface area contributed by atoms with Gasteiger partial charge in [-0.3, -0.25) is 4.79 Å². The lowest BCUT2D eigenvalue weighted by atomic mass is 10.1. The van der Waals surface area contributed by atoms with Gasteiger partial charge in [0, 0.05) is 12.2 Å². The van der Waals surface area contributed by atoms with Crippen molar-refractivity contribution in [3.05, 3.63) is 29.6 Å². The molecule has 1 aromatic carbocycles. The van der Waals surface area contributed by atoms with E-state index >= 15 is 0 Å². The first-order valence-corrected chi connectivity index (χ1v) is 5.33. The van der Waals surface area contributed by atoms with E-state index in [-0.39, 0.29) is 17.0 Å². The van der Waals surface area contributed by atoms with Crippen molar-refractivity contribution in [2.24, 2.45) is 5.41 Å². The average molecular weight is 222 g/mol. The number of carbonyl (C=O) groups is 1. The average Bonchev–Trinajstić information content (AvgIpc) is 2.94. The number of hydrogen-bond acceptors (Lipinski definition) is 2. The fourth-order valence-electron chi connectivity index (χ4n) is 1.52. The fourth-order valence-corrected chi connectivity index (χ4v) is 1.52. The predicted octanol–water partition coefficient (Wildman–Crippen LogP) is 1.94. The minimum absolute atomic E-state index is 0.179. The van der Waals surface area contributed by atoms with Crippen molar-refractivity contribution in [2.75, 3.05) is 12.3 Å². The van der Waals surface area contributed by atoms with E-state index in [2.05, 4.69) is 12.2 Å². The van der Waals surface area contributed by atoms with Gasteiger partial charge in [0.1, 0.15) is 5.82 Å². The van der Waals surface area contributed by atoms with Gasteiger partial charge in [-0.05, 0) is 36.5 Å². The number of carbonyl (C=O) groups excluding carboxylic acids is 1. The second-order valence-corrected chi connectivity index (χ2v) is 4.72.